The van der Waals surface area contributed by atoms with Crippen LogP contribution in [0.4, 0.5) is 11.4 Å². The second-order valence-corrected chi connectivity index (χ2v) is 6.88. The van der Waals surface area contributed by atoms with Crippen molar-refractivity contribution in [3.8, 4) is 0 Å². The molecule has 0 heterocycles. The van der Waals surface area contributed by atoms with Gasteiger partial charge in [0, 0.05) is 13.6 Å². The topological polar surface area (TPSA) is 119 Å². The quantitative estimate of drug-likeness (QED) is 0.645. The smallest absolute Gasteiger partial charge is 0.239 e. The summed E-state index contributed by atoms with van der Waals surface area (Å²) in [5, 5.41) is 7.87. The number of likely N-dealkylation sites (N-methyl/N-ethyl adjacent to an activating group) is 1. The summed E-state index contributed by atoms with van der Waals surface area (Å²) < 4.78 is 22.7. The van der Waals surface area contributed by atoms with Crippen molar-refractivity contribution in [3.05, 3.63) is 18.2 Å². The van der Waals surface area contributed by atoms with Gasteiger partial charge >= 0.3 is 0 Å². The van der Waals surface area contributed by atoms with Crippen molar-refractivity contribution in [2.45, 2.75) is 18.7 Å². The van der Waals surface area contributed by atoms with Gasteiger partial charge in [0.15, 0.2) is 0 Å². The van der Waals surface area contributed by atoms with Crippen LogP contribution in [0, 0.1) is 5.92 Å². The maximum atomic E-state index is 11.8. The van der Waals surface area contributed by atoms with E-state index in [1.165, 1.54) is 18.2 Å². The van der Waals surface area contributed by atoms with Gasteiger partial charge in [-0.3, -0.25) is 4.79 Å². The molecule has 0 aliphatic carbocycles. The van der Waals surface area contributed by atoms with Crippen LogP contribution in [0.5, 0.6) is 0 Å². The van der Waals surface area contributed by atoms with Crippen molar-refractivity contribution in [3.63, 3.8) is 0 Å². The van der Waals surface area contributed by atoms with Gasteiger partial charge in [0.05, 0.1) is 22.8 Å². The second-order valence-electron chi connectivity index (χ2n) is 5.32. The van der Waals surface area contributed by atoms with Crippen LogP contribution in [0.25, 0.3) is 0 Å². The molecule has 0 fully saturated rings. The Morgan fingerprint density at radius 3 is 2.52 bits per heavy atom. The number of nitrogens with one attached hydrogen (secondary N) is 1. The molecular formula is C13H22N4O3S. The Bertz CT molecular complexity index is 614. The van der Waals surface area contributed by atoms with Crippen molar-refractivity contribution < 1.29 is 13.2 Å². The number of benzene rings is 1. The number of sulfonamides is 1. The summed E-state index contributed by atoms with van der Waals surface area (Å²) in [6.45, 7) is 4.65. The first-order valence-electron chi connectivity index (χ1n) is 6.51. The van der Waals surface area contributed by atoms with Crippen molar-refractivity contribution >= 4 is 27.3 Å². The summed E-state index contributed by atoms with van der Waals surface area (Å²) in [6, 6.07) is 4.15. The Hall–Kier alpha value is -1.80. The van der Waals surface area contributed by atoms with Gasteiger partial charge in [-0.2, -0.15) is 0 Å². The van der Waals surface area contributed by atoms with E-state index in [0.29, 0.717) is 23.8 Å². The van der Waals surface area contributed by atoms with Crippen molar-refractivity contribution in [1.82, 2.24) is 5.32 Å². The molecule has 1 rings (SSSR count). The molecule has 5 N–H and O–H groups in total. The maximum absolute atomic E-state index is 11.8. The largest absolute Gasteiger partial charge is 0.397 e. The maximum Gasteiger partial charge on any atom is 0.239 e. The minimum absolute atomic E-state index is 0.0406. The lowest BCUT2D eigenvalue weighted by Gasteiger charge is -2.21. The lowest BCUT2D eigenvalue weighted by molar-refractivity contribution is -0.119. The van der Waals surface area contributed by atoms with E-state index in [-0.39, 0.29) is 17.3 Å². The highest BCUT2D eigenvalue weighted by Gasteiger charge is 2.14. The van der Waals surface area contributed by atoms with E-state index in [0.717, 1.165) is 0 Å². The minimum atomic E-state index is -3.81. The van der Waals surface area contributed by atoms with Crippen LogP contribution in [0.1, 0.15) is 13.8 Å². The molecule has 7 nitrogen and oxygen atoms in total. The molecule has 1 amide bonds. The van der Waals surface area contributed by atoms with Gasteiger partial charge in [-0.25, -0.2) is 13.6 Å². The zero-order chi connectivity index (χ0) is 16.2. The van der Waals surface area contributed by atoms with Crippen molar-refractivity contribution in [2.24, 2.45) is 11.1 Å². The fraction of sp³-hybridized carbons (Fsp3) is 0.462. The molecule has 8 heteroatoms. The Morgan fingerprint density at radius 1 is 1.38 bits per heavy atom. The highest BCUT2D eigenvalue weighted by molar-refractivity contribution is 7.89. The number of hydrogen-bond donors (Lipinski definition) is 3. The van der Waals surface area contributed by atoms with Gasteiger partial charge < -0.3 is 16.0 Å². The third-order valence-electron chi connectivity index (χ3n) is 2.83. The summed E-state index contributed by atoms with van der Waals surface area (Å²) in [7, 11) is -2.15. The Labute approximate surface area is 125 Å². The van der Waals surface area contributed by atoms with Crippen LogP contribution in [-0.4, -0.2) is 34.5 Å². The first-order chi connectivity index (χ1) is 9.61. The van der Waals surface area contributed by atoms with E-state index in [9.17, 15) is 13.2 Å². The SMILES string of the molecule is CC(C)CNC(=O)CN(C)c1cc(S(N)(=O)=O)ccc1N. The number of amides is 1. The number of carbonyl (C=O) groups excluding carboxylic acids is 1. The van der Waals surface area contributed by atoms with E-state index >= 15 is 0 Å². The number of rotatable bonds is 6. The highest BCUT2D eigenvalue weighted by Crippen LogP contribution is 2.25. The molecule has 1 aromatic rings. The zero-order valence-corrected chi connectivity index (χ0v) is 13.3. The molecular weight excluding hydrogens is 292 g/mol. The monoisotopic (exact) mass is 314 g/mol. The molecule has 0 saturated carbocycles. The normalized spacial score (nSPS) is 11.5. The summed E-state index contributed by atoms with van der Waals surface area (Å²) in [5.74, 6) is 0.196. The average molecular weight is 314 g/mol. The first-order valence-corrected chi connectivity index (χ1v) is 8.06. The van der Waals surface area contributed by atoms with Gasteiger partial charge in [0.1, 0.15) is 0 Å². The van der Waals surface area contributed by atoms with Gasteiger partial charge in [-0.05, 0) is 24.1 Å². The van der Waals surface area contributed by atoms with E-state index in [1.54, 1.807) is 11.9 Å². The van der Waals surface area contributed by atoms with E-state index in [2.05, 4.69) is 5.32 Å². The lowest BCUT2D eigenvalue weighted by atomic mass is 10.2. The van der Waals surface area contributed by atoms with Crippen LogP contribution >= 0.6 is 0 Å². The molecule has 0 bridgehead atoms. The number of carbonyl (C=O) groups is 1. The lowest BCUT2D eigenvalue weighted by Crippen LogP contribution is -2.37. The Balaban J connectivity index is 2.87. The first kappa shape index (κ1) is 17.3. The van der Waals surface area contributed by atoms with Gasteiger partial charge in [0.2, 0.25) is 15.9 Å². The van der Waals surface area contributed by atoms with E-state index in [4.69, 9.17) is 10.9 Å². The van der Waals surface area contributed by atoms with Crippen LogP contribution in [0.15, 0.2) is 23.1 Å². The fourth-order valence-electron chi connectivity index (χ4n) is 1.71. The molecule has 1 aromatic carbocycles. The number of primary sulfonamides is 1. The highest BCUT2D eigenvalue weighted by atomic mass is 32.2. The number of nitrogens with zero attached hydrogens (tertiary/aromatic N) is 1. The van der Waals surface area contributed by atoms with Gasteiger partial charge in [0.25, 0.3) is 0 Å². The molecule has 0 aliphatic heterocycles. The van der Waals surface area contributed by atoms with Crippen LogP contribution in [-0.2, 0) is 14.8 Å². The molecule has 0 unspecified atom stereocenters. The molecule has 0 aliphatic rings. The predicted molar refractivity (Wildman–Crippen MR) is 83.3 cm³/mol. The van der Waals surface area contributed by atoms with Crippen molar-refractivity contribution in [2.75, 3.05) is 30.8 Å². The molecule has 0 aromatic heterocycles. The Morgan fingerprint density at radius 2 is 2.00 bits per heavy atom. The van der Waals surface area contributed by atoms with Gasteiger partial charge in [-0.15, -0.1) is 0 Å². The van der Waals surface area contributed by atoms with E-state index < -0.39 is 10.0 Å². The predicted octanol–water partition coefficient (Wildman–Crippen LogP) is 0.125. The number of nitrogen functional groups attached to an aromatic ring is 1. The van der Waals surface area contributed by atoms with E-state index in [1.807, 2.05) is 13.8 Å². The van der Waals surface area contributed by atoms with Crippen molar-refractivity contribution in [1.29, 1.82) is 0 Å². The minimum Gasteiger partial charge on any atom is -0.397 e. The molecule has 0 radical (unpaired) electrons. The third kappa shape index (κ3) is 5.24. The average Bonchev–Trinajstić information content (AvgIpc) is 2.35. The molecule has 0 saturated heterocycles. The molecule has 0 spiro atoms. The van der Waals surface area contributed by atoms with Crippen LogP contribution < -0.4 is 21.1 Å². The van der Waals surface area contributed by atoms with Crippen LogP contribution in [0.3, 0.4) is 0 Å². The third-order valence-corrected chi connectivity index (χ3v) is 3.74. The zero-order valence-electron chi connectivity index (χ0n) is 12.5. The summed E-state index contributed by atoms with van der Waals surface area (Å²) >= 11 is 0. The summed E-state index contributed by atoms with van der Waals surface area (Å²) in [4.78, 5) is 13.3. The van der Waals surface area contributed by atoms with Crippen LogP contribution in [0.2, 0.25) is 0 Å². The fourth-order valence-corrected chi connectivity index (χ4v) is 2.24. The number of nitrogens with two attached hydrogens (primary N) is 2. The standard InChI is InChI=1S/C13H22N4O3S/c1-9(2)7-16-13(18)8-17(3)12-6-10(21(15,19)20)4-5-11(12)14/h4-6,9H,7-8,14H2,1-3H3,(H,16,18)(H2,15,19,20). The molecule has 0 atom stereocenters. The second kappa shape index (κ2) is 6.77. The molecule has 21 heavy (non-hydrogen) atoms. The van der Waals surface area contributed by atoms with Gasteiger partial charge in [-0.1, -0.05) is 13.8 Å². The molecule has 118 valence electrons. The number of anilines is 2. The summed E-state index contributed by atoms with van der Waals surface area (Å²) in [6.07, 6.45) is 0. The number of hydrogen-bond acceptors (Lipinski definition) is 5. The summed E-state index contributed by atoms with van der Waals surface area (Å²) in [5.41, 5.74) is 6.64. The Kier molecular flexibility index (Phi) is 5.56.